The number of rotatable bonds is 9. The summed E-state index contributed by atoms with van der Waals surface area (Å²) < 4.78 is 14.3. The Morgan fingerprint density at radius 3 is 2.41 bits per heavy atom. The third-order valence-corrected chi connectivity index (χ3v) is 14.3. The van der Waals surface area contributed by atoms with E-state index in [9.17, 15) is 19.2 Å². The Kier molecular flexibility index (Phi) is 24.5. The second-order valence-electron chi connectivity index (χ2n) is 19.4. The minimum Gasteiger partial charge on any atom is -0.464 e. The van der Waals surface area contributed by atoms with E-state index in [1.54, 1.807) is 20.4 Å². The third kappa shape index (κ3) is 13.9. The second-order valence-corrected chi connectivity index (χ2v) is 20.4. The number of nitrogens with zero attached hydrogens (tertiary/aromatic N) is 7. The highest BCUT2D eigenvalue weighted by Crippen LogP contribution is 2.42. The number of methoxy groups -OCH3 is 1. The highest BCUT2D eigenvalue weighted by atomic mass is 32.1. The minimum atomic E-state index is -1.04. The van der Waals surface area contributed by atoms with Crippen molar-refractivity contribution in [3.8, 4) is 22.5 Å². The van der Waals surface area contributed by atoms with E-state index in [1.165, 1.54) is 21.2 Å². The number of carbonyl (C=O) groups is 4. The monoisotopic (exact) mass is 1080 g/mol. The molecule has 0 radical (unpaired) electrons. The number of urea groups is 1. The summed E-state index contributed by atoms with van der Waals surface area (Å²) in [6, 6.07) is 7.85. The Morgan fingerprint density at radius 2 is 1.74 bits per heavy atom. The first-order chi connectivity index (χ1) is 31.0. The van der Waals surface area contributed by atoms with E-state index < -0.39 is 35.4 Å². The van der Waals surface area contributed by atoms with Crippen LogP contribution in [-0.4, -0.2) is 137 Å². The maximum Gasteiger partial charge on any atom is 0.324 e. The van der Waals surface area contributed by atoms with Crippen LogP contribution in [0.2, 0.25) is 0 Å². The zero-order chi connectivity index (χ0) is 46.7. The maximum atomic E-state index is 14.7. The van der Waals surface area contributed by atoms with Gasteiger partial charge in [-0.25, -0.2) is 15.2 Å². The van der Waals surface area contributed by atoms with Crippen LogP contribution in [0.1, 0.15) is 96.0 Å². The lowest BCUT2D eigenvalue weighted by molar-refractivity contribution is -0.155. The molecule has 21 heteroatoms. The van der Waals surface area contributed by atoms with Gasteiger partial charge in [0.15, 0.2) is 0 Å². The molecule has 3 aliphatic heterocycles. The number of carbonyl (C=O) groups excluding carboxylic acids is 4. The average molecular weight is 1080 g/mol. The topological polar surface area (TPSA) is 154 Å². The zero-order valence-corrected chi connectivity index (χ0v) is 48.3. The van der Waals surface area contributed by atoms with Crippen molar-refractivity contribution in [1.29, 1.82) is 0 Å². The molecule has 6 heterocycles. The molecule has 70 heavy (non-hydrogen) atoms. The number of benzene rings is 1. The summed E-state index contributed by atoms with van der Waals surface area (Å²) in [6.07, 6.45) is 6.23. The summed E-state index contributed by atoms with van der Waals surface area (Å²) in [4.78, 5) is 72.7. The molecule has 7 rings (SSSR count). The third-order valence-electron chi connectivity index (χ3n) is 13.4. The lowest BCUT2D eigenvalue weighted by Crippen LogP contribution is -2.62. The Bertz CT molecular complexity index is 2380. The first-order valence-corrected chi connectivity index (χ1v) is 24.2. The van der Waals surface area contributed by atoms with Crippen LogP contribution in [0.5, 0.6) is 0 Å². The summed E-state index contributed by atoms with van der Waals surface area (Å²) in [6.45, 7) is 14.6. The second kappa shape index (κ2) is 27.2. The fourth-order valence-corrected chi connectivity index (χ4v) is 10.7. The van der Waals surface area contributed by atoms with E-state index in [1.807, 2.05) is 51.2 Å². The van der Waals surface area contributed by atoms with Gasteiger partial charge in [0.2, 0.25) is 5.91 Å². The normalized spacial score (nSPS) is 20.2. The molecule has 6 bridgehead atoms. The first-order valence-electron chi connectivity index (χ1n) is 23.3. The molecule has 4 aromatic rings. The number of pyridine rings is 1. The highest BCUT2D eigenvalue weighted by molar-refractivity contribution is 7.60. The molecule has 1 aromatic carbocycles. The van der Waals surface area contributed by atoms with Crippen molar-refractivity contribution in [3.63, 3.8) is 0 Å². The fourth-order valence-electron chi connectivity index (χ4n) is 9.80. The number of cyclic esters (lactones) is 1. The number of hydrazine groups is 1. The number of nitrogens with one attached hydrogen (secondary N) is 2. The first kappa shape index (κ1) is 63.0. The van der Waals surface area contributed by atoms with Crippen molar-refractivity contribution in [2.75, 3.05) is 54.5 Å². The quantitative estimate of drug-likeness (QED) is 0.164. The molecule has 0 aliphatic carbocycles. The Hall–Kier alpha value is -3.15. The molecule has 0 spiro atoms. The van der Waals surface area contributed by atoms with Gasteiger partial charge in [0.25, 0.3) is 5.91 Å². The fraction of sp³-hybridized carbons (Fsp3) is 0.592. The van der Waals surface area contributed by atoms with E-state index >= 15 is 0 Å². The molecule has 15 nitrogen and oxygen atoms in total. The van der Waals surface area contributed by atoms with Crippen molar-refractivity contribution in [1.82, 2.24) is 45.0 Å². The van der Waals surface area contributed by atoms with Gasteiger partial charge in [-0.15, -0.1) is 11.3 Å². The predicted octanol–water partition coefficient (Wildman–Crippen LogP) is 7.26. The summed E-state index contributed by atoms with van der Waals surface area (Å²) >= 11 is 1.44. The van der Waals surface area contributed by atoms with Crippen LogP contribution in [-0.2, 0) is 43.2 Å². The number of amides is 4. The van der Waals surface area contributed by atoms with Crippen LogP contribution in [0.25, 0.3) is 33.4 Å². The van der Waals surface area contributed by atoms with Gasteiger partial charge in [-0.05, 0) is 95.8 Å². The van der Waals surface area contributed by atoms with E-state index in [4.69, 9.17) is 19.4 Å². The van der Waals surface area contributed by atoms with Crippen molar-refractivity contribution in [2.45, 2.75) is 123 Å². The zero-order valence-electron chi connectivity index (χ0n) is 42.5. The van der Waals surface area contributed by atoms with Crippen LogP contribution in [0.3, 0.4) is 0 Å². The van der Waals surface area contributed by atoms with E-state index in [-0.39, 0.29) is 111 Å². The van der Waals surface area contributed by atoms with Crippen molar-refractivity contribution >= 4 is 114 Å². The summed E-state index contributed by atoms with van der Waals surface area (Å²) in [5.74, 6) is -1.50. The molecule has 0 saturated carbocycles. The van der Waals surface area contributed by atoms with Crippen LogP contribution in [0, 0.1) is 11.3 Å². The van der Waals surface area contributed by atoms with Crippen LogP contribution < -0.4 is 10.7 Å². The Morgan fingerprint density at radius 1 is 1.01 bits per heavy atom. The highest BCUT2D eigenvalue weighted by Gasteiger charge is 2.39. The van der Waals surface area contributed by atoms with Crippen LogP contribution >= 0.6 is 78.8 Å². The number of aryl methyl sites for hydroxylation is 1. The number of likely N-dealkylation sites (tertiary alicyclic amines) is 1. The Labute approximate surface area is 454 Å². The van der Waals surface area contributed by atoms with Gasteiger partial charge in [-0.2, -0.15) is 67.5 Å². The Balaban J connectivity index is 0.00000336. The molecule has 2 N–H and O–H groups in total. The minimum absolute atomic E-state index is 0. The van der Waals surface area contributed by atoms with Crippen molar-refractivity contribution < 1.29 is 28.7 Å². The summed E-state index contributed by atoms with van der Waals surface area (Å²) in [7, 11) is 7.44. The molecule has 3 aliphatic rings. The molecular formula is C49H79N9O6S6. The molecule has 3 aromatic heterocycles. The van der Waals surface area contributed by atoms with Gasteiger partial charge >= 0.3 is 12.0 Å². The standard InChI is InChI=1S/C49H69N9O6S.5H2S/c1-11-57-40-20-19-32-24-35(40)36(44(57)34-17-14-21-50-42(34)31(4)63-10)26-49(5,6)29-64-47(61)37-18-15-23-58(53-37)46(60)38(25-41-51-39(32)28-65-41)52-45(59)43(30(2)3)55(9)48(62)56-22-13-12-16-33(27-56)54(7)8;;;;;/h14,17,19-21,24,28,30-31,33,37-38,43,53H,11-13,15-16,18,22-23,25-27,29H2,1-10H3,(H,52,59);5*1H2/t31-,33-,37-,38-,43-;;;;;/m0...../s1. The summed E-state index contributed by atoms with van der Waals surface area (Å²) in [5, 5.41) is 8.27. The van der Waals surface area contributed by atoms with E-state index in [0.717, 1.165) is 63.9 Å². The van der Waals surface area contributed by atoms with E-state index in [2.05, 4.69) is 65.2 Å². The average Bonchev–Trinajstić information content (AvgIpc) is 3.78. The lowest BCUT2D eigenvalue weighted by Gasteiger charge is -2.38. The molecule has 392 valence electrons. The number of aromatic nitrogens is 3. The maximum absolute atomic E-state index is 14.7. The van der Waals surface area contributed by atoms with Gasteiger partial charge in [0.05, 0.1) is 34.8 Å². The largest absolute Gasteiger partial charge is 0.464 e. The van der Waals surface area contributed by atoms with Gasteiger partial charge in [-0.3, -0.25) is 24.4 Å². The number of hydrogen-bond donors (Lipinski definition) is 2. The SMILES string of the molecule is CCn1c(-c2cccnc2[C@H](C)OC)c2c3cc(ccc31)-c1csc(n1)C[C@H](NC(=O)[C@H](C(C)C)N(C)C(=O)N1CCCC[C@H](N(C)C)C1)C(=O)N1CCC[C@H](N1)C(=O)OCC(C)(C)C2.S.S.S.S.S. The number of esters is 1. The molecule has 2 fully saturated rings. The molecular weight excluding hydrogens is 1000 g/mol. The van der Waals surface area contributed by atoms with Crippen LogP contribution in [0.4, 0.5) is 4.79 Å². The van der Waals surface area contributed by atoms with Gasteiger partial charge < -0.3 is 34.1 Å². The van der Waals surface area contributed by atoms with Gasteiger partial charge in [0.1, 0.15) is 18.1 Å². The molecule has 5 atom stereocenters. The van der Waals surface area contributed by atoms with Gasteiger partial charge in [0, 0.05) is 91.8 Å². The van der Waals surface area contributed by atoms with Gasteiger partial charge in [-0.1, -0.05) is 40.2 Å². The number of hydrogen-bond acceptors (Lipinski definition) is 11. The van der Waals surface area contributed by atoms with Crippen LogP contribution in [0.15, 0.2) is 41.9 Å². The number of likely N-dealkylation sites (N-methyl/N-ethyl adjacent to an activating group) is 2. The molecule has 4 amide bonds. The van der Waals surface area contributed by atoms with E-state index in [0.29, 0.717) is 50.4 Å². The van der Waals surface area contributed by atoms with Crippen molar-refractivity contribution in [3.05, 3.63) is 58.2 Å². The smallest absolute Gasteiger partial charge is 0.324 e. The predicted molar refractivity (Wildman–Crippen MR) is 306 cm³/mol. The molecule has 2 saturated heterocycles. The lowest BCUT2D eigenvalue weighted by atomic mass is 9.84. The summed E-state index contributed by atoms with van der Waals surface area (Å²) in [5.41, 5.74) is 9.42. The number of fused-ring (bicyclic) bond motifs is 6. The number of ether oxygens (including phenoxy) is 2. The van der Waals surface area contributed by atoms with Crippen molar-refractivity contribution in [2.24, 2.45) is 11.3 Å². The number of thiazole rings is 1. The molecule has 0 unspecified atom stereocenters.